The van der Waals surface area contributed by atoms with Crippen LogP contribution in [0.3, 0.4) is 0 Å². The molecule has 0 aliphatic rings. The van der Waals surface area contributed by atoms with E-state index in [1.807, 2.05) is 60.7 Å². The SMILES string of the molecule is CCN(CC)CCO.CC[N+](CC)(CCCS(=O)(=O)[O-])CCOC(=O)Nc1ccc(Cc2ccc(OC#N)cc2)cc1.[2H]CI. The molecule has 2 rings (SSSR count). The molecule has 0 bridgehead atoms. The van der Waals surface area contributed by atoms with Crippen molar-refractivity contribution in [2.24, 2.45) is 0 Å². The van der Waals surface area contributed by atoms with Gasteiger partial charge in [0.1, 0.15) is 18.9 Å². The zero-order valence-electron chi connectivity index (χ0n) is 27.3. The smallest absolute Gasteiger partial charge is 0.411 e. The van der Waals surface area contributed by atoms with Crippen molar-refractivity contribution in [3.05, 3.63) is 59.7 Å². The van der Waals surface area contributed by atoms with E-state index < -0.39 is 16.2 Å². The van der Waals surface area contributed by atoms with E-state index in [-0.39, 0.29) is 25.4 Å². The van der Waals surface area contributed by atoms with E-state index in [9.17, 15) is 17.8 Å². The summed E-state index contributed by atoms with van der Waals surface area (Å²) in [6.07, 6.45) is 2.05. The van der Waals surface area contributed by atoms with Crippen LogP contribution in [0.25, 0.3) is 0 Å². The van der Waals surface area contributed by atoms with Crippen LogP contribution in [0.1, 0.15) is 46.6 Å². The number of nitrogens with one attached hydrogen (secondary N) is 1. The molecule has 0 aromatic heterocycles. The van der Waals surface area contributed by atoms with Gasteiger partial charge < -0.3 is 28.5 Å². The third kappa shape index (κ3) is 18.4. The highest BCUT2D eigenvalue weighted by Gasteiger charge is 2.23. The monoisotopic (exact) mass is 749 g/mol. The number of nitriles is 1. The summed E-state index contributed by atoms with van der Waals surface area (Å²) in [5.41, 5.74) is 2.73. The van der Waals surface area contributed by atoms with Gasteiger partial charge in [0.15, 0.2) is 0 Å². The third-order valence-electron chi connectivity index (χ3n) is 7.17. The zero-order valence-corrected chi connectivity index (χ0v) is 29.3. The molecule has 1 amide bonds. The number of aliphatic hydroxyl groups excluding tert-OH is 1. The van der Waals surface area contributed by atoms with E-state index in [1.54, 1.807) is 30.5 Å². The second kappa shape index (κ2) is 23.8. The van der Waals surface area contributed by atoms with Crippen molar-refractivity contribution in [2.45, 2.75) is 40.5 Å². The van der Waals surface area contributed by atoms with E-state index in [1.165, 1.54) is 0 Å². The van der Waals surface area contributed by atoms with Crippen molar-refractivity contribution >= 4 is 44.5 Å². The first-order chi connectivity index (χ1) is 21.4. The predicted molar refractivity (Wildman–Crippen MR) is 182 cm³/mol. The fraction of sp³-hybridized carbons (Fsp3) is 0.548. The first-order valence-corrected chi connectivity index (χ1v) is 17.7. The van der Waals surface area contributed by atoms with Gasteiger partial charge >= 0.3 is 6.09 Å². The lowest BCUT2D eigenvalue weighted by atomic mass is 10.0. The standard InChI is InChI=1S/C24H31N3O6S.C6H15NO.CH3I/c1-3-27(4-2,14-5-17-34(29,30)31)15-16-32-24(28)26-22-10-6-20(7-11-22)18-21-8-12-23(13-9-21)33-19-25;1-3-7(4-2)5-6-8;1-2/h6-13H,3-5,14-18H2,1-2H3,(H-,26,28,29,30,31);8H,3-6H2,1-2H3;1H3/i;;1D. The van der Waals surface area contributed by atoms with Gasteiger partial charge in [0.25, 0.3) is 6.26 Å². The molecule has 2 aromatic carbocycles. The van der Waals surface area contributed by atoms with Crippen molar-refractivity contribution in [3.63, 3.8) is 0 Å². The summed E-state index contributed by atoms with van der Waals surface area (Å²) >= 11 is 1.96. The van der Waals surface area contributed by atoms with E-state index >= 15 is 0 Å². The van der Waals surface area contributed by atoms with Crippen LogP contribution in [0.4, 0.5) is 10.5 Å². The van der Waals surface area contributed by atoms with Gasteiger partial charge in [0.2, 0.25) is 0 Å². The maximum Gasteiger partial charge on any atom is 0.411 e. The Morgan fingerprint density at radius 2 is 1.61 bits per heavy atom. The summed E-state index contributed by atoms with van der Waals surface area (Å²) in [4.78, 5) is 14.8. The summed E-state index contributed by atoms with van der Waals surface area (Å²) in [5.74, 6) is 0.110. The van der Waals surface area contributed by atoms with E-state index in [0.29, 0.717) is 40.3 Å². The van der Waals surface area contributed by atoms with E-state index in [2.05, 4.69) is 24.1 Å². The third-order valence-corrected chi connectivity index (χ3v) is 7.96. The molecule has 2 aromatic rings. The van der Waals surface area contributed by atoms with E-state index in [4.69, 9.17) is 21.2 Å². The largest absolute Gasteiger partial charge is 0.748 e. The van der Waals surface area contributed by atoms with Crippen LogP contribution in [-0.2, 0) is 21.3 Å². The molecule has 0 spiro atoms. The molecule has 0 fully saturated rings. The molecule has 0 saturated heterocycles. The average molecular weight is 750 g/mol. The molecule has 0 aliphatic heterocycles. The number of quaternary nitrogens is 1. The number of aliphatic hydroxyl groups is 1. The number of carbonyl (C=O) groups excluding carboxylic acids is 1. The van der Waals surface area contributed by atoms with Gasteiger partial charge in [-0.25, -0.2) is 13.2 Å². The number of amides is 1. The van der Waals surface area contributed by atoms with Gasteiger partial charge in [-0.3, -0.25) is 5.32 Å². The number of ether oxygens (including phenoxy) is 2. The molecular formula is C31H49IN4O7S. The molecule has 248 valence electrons. The summed E-state index contributed by atoms with van der Waals surface area (Å²) in [5, 5.41) is 19.7. The minimum absolute atomic E-state index is 0.182. The van der Waals surface area contributed by atoms with Gasteiger partial charge in [-0.15, -0.1) is 5.26 Å². The Balaban J connectivity index is 0.00000150. The Bertz CT molecular complexity index is 1210. The number of hydrogen-bond donors (Lipinski definition) is 2. The Kier molecular flexibility index (Phi) is 21.4. The molecule has 0 radical (unpaired) electrons. The summed E-state index contributed by atoms with van der Waals surface area (Å²) < 4.78 is 49.5. The second-order valence-corrected chi connectivity index (χ2v) is 11.3. The summed E-state index contributed by atoms with van der Waals surface area (Å²) in [6, 6.07) is 14.7. The Morgan fingerprint density at radius 3 is 2.05 bits per heavy atom. The van der Waals surface area contributed by atoms with Crippen LogP contribution in [0.5, 0.6) is 5.75 Å². The van der Waals surface area contributed by atoms with Gasteiger partial charge in [-0.1, -0.05) is 60.7 Å². The average Bonchev–Trinajstić information content (AvgIpc) is 3.01. The Hall–Kier alpha value is -2.48. The van der Waals surface area contributed by atoms with Crippen LogP contribution < -0.4 is 10.1 Å². The lowest BCUT2D eigenvalue weighted by Gasteiger charge is -2.36. The zero-order chi connectivity index (χ0) is 34.1. The van der Waals surface area contributed by atoms with Crippen LogP contribution >= 0.6 is 22.6 Å². The molecule has 0 aliphatic carbocycles. The van der Waals surface area contributed by atoms with Crippen molar-refractivity contribution in [1.82, 2.24) is 4.90 Å². The topological polar surface area (TPSA) is 152 Å². The highest BCUT2D eigenvalue weighted by molar-refractivity contribution is 14.1. The Morgan fingerprint density at radius 1 is 1.07 bits per heavy atom. The number of hydrogen-bond acceptors (Lipinski definition) is 9. The van der Waals surface area contributed by atoms with Gasteiger partial charge in [-0.2, -0.15) is 0 Å². The van der Waals surface area contributed by atoms with Crippen LogP contribution in [0.2, 0.25) is 0 Å². The van der Waals surface area contributed by atoms with Crippen molar-refractivity contribution in [3.8, 4) is 12.0 Å². The van der Waals surface area contributed by atoms with Crippen LogP contribution in [0.15, 0.2) is 48.5 Å². The number of benzene rings is 2. The van der Waals surface area contributed by atoms with Crippen molar-refractivity contribution in [2.75, 3.05) is 75.0 Å². The summed E-state index contributed by atoms with van der Waals surface area (Å²) in [7, 11) is -4.23. The lowest BCUT2D eigenvalue weighted by molar-refractivity contribution is -0.925. The fourth-order valence-electron chi connectivity index (χ4n) is 4.38. The number of alkyl halides is 1. The normalized spacial score (nSPS) is 11.2. The van der Waals surface area contributed by atoms with Crippen molar-refractivity contribution < 1.29 is 38.2 Å². The molecule has 0 heterocycles. The van der Waals surface area contributed by atoms with Gasteiger partial charge in [0.05, 0.1) is 36.4 Å². The lowest BCUT2D eigenvalue weighted by Crippen LogP contribution is -2.51. The predicted octanol–water partition coefficient (Wildman–Crippen LogP) is 4.85. The number of anilines is 1. The molecule has 13 heteroatoms. The quantitative estimate of drug-likeness (QED) is 0.0761. The first-order valence-electron chi connectivity index (χ1n) is 15.3. The van der Waals surface area contributed by atoms with Crippen LogP contribution in [-0.4, -0.2) is 103 Å². The van der Waals surface area contributed by atoms with E-state index in [0.717, 1.165) is 43.9 Å². The molecule has 11 nitrogen and oxygen atoms in total. The number of halogens is 1. The number of nitrogens with zero attached hydrogens (tertiary/aromatic N) is 3. The molecule has 0 saturated carbocycles. The maximum absolute atomic E-state index is 12.2. The first kappa shape index (κ1) is 39.5. The van der Waals surface area contributed by atoms with Gasteiger partial charge in [0, 0.05) is 25.8 Å². The highest BCUT2D eigenvalue weighted by atomic mass is 127. The molecule has 0 atom stereocenters. The Labute approximate surface area is 279 Å². The minimum atomic E-state index is -4.23. The molecular weight excluding hydrogens is 699 g/mol. The molecule has 0 unspecified atom stereocenters. The fourth-order valence-corrected chi connectivity index (χ4v) is 4.86. The second-order valence-electron chi connectivity index (χ2n) is 9.76. The number of rotatable bonds is 17. The highest BCUT2D eigenvalue weighted by Crippen LogP contribution is 2.17. The summed E-state index contributed by atoms with van der Waals surface area (Å²) in [6.45, 7) is 14.1. The van der Waals surface area contributed by atoms with Crippen molar-refractivity contribution in [1.29, 1.82) is 5.26 Å². The molecule has 2 N–H and O–H groups in total. The van der Waals surface area contributed by atoms with Gasteiger partial charge in [-0.05, 0) is 73.7 Å². The van der Waals surface area contributed by atoms with Crippen LogP contribution in [0, 0.1) is 11.5 Å². The minimum Gasteiger partial charge on any atom is -0.748 e. The number of likely N-dealkylation sites (N-methyl/N-ethyl adjacent to an activating group) is 2. The number of carbonyl (C=O) groups is 1. The maximum atomic E-state index is 12.2. The molecule has 44 heavy (non-hydrogen) atoms.